The van der Waals surface area contributed by atoms with Crippen molar-refractivity contribution in [3.63, 3.8) is 0 Å². The Kier molecular flexibility index (Phi) is 6.28. The van der Waals surface area contributed by atoms with Gasteiger partial charge in [-0.1, -0.05) is 12.1 Å². The fourth-order valence-electron chi connectivity index (χ4n) is 4.47. The summed E-state index contributed by atoms with van der Waals surface area (Å²) in [6, 6.07) is 9.89. The smallest absolute Gasteiger partial charge is 0.457 e. The highest BCUT2D eigenvalue weighted by Crippen LogP contribution is 2.38. The van der Waals surface area contributed by atoms with Crippen molar-refractivity contribution in [2.45, 2.75) is 55.2 Å². The number of hydrogen-bond acceptors (Lipinski definition) is 3. The van der Waals surface area contributed by atoms with E-state index in [1.165, 1.54) is 12.1 Å². The summed E-state index contributed by atoms with van der Waals surface area (Å²) in [6.45, 7) is 1.16. The lowest BCUT2D eigenvalue weighted by atomic mass is 9.97. The molecule has 10 heteroatoms. The first-order valence-corrected chi connectivity index (χ1v) is 11.4. The highest BCUT2D eigenvalue weighted by molar-refractivity contribution is 7.86. The second-order valence-corrected chi connectivity index (χ2v) is 9.79. The summed E-state index contributed by atoms with van der Waals surface area (Å²) in [6.07, 6.45) is -2.69. The van der Waals surface area contributed by atoms with Crippen LogP contribution in [0.15, 0.2) is 42.5 Å². The fraction of sp³-hybridized carbons (Fsp3) is 0.455. The number of hydrogen-bond donors (Lipinski definition) is 0. The second kappa shape index (κ2) is 8.70. The van der Waals surface area contributed by atoms with Crippen molar-refractivity contribution in [3.05, 3.63) is 59.2 Å². The van der Waals surface area contributed by atoms with Gasteiger partial charge >= 0.3 is 11.7 Å². The summed E-state index contributed by atoms with van der Waals surface area (Å²) in [5, 5.41) is -0.865. The Labute approximate surface area is 183 Å². The largest absolute Gasteiger partial charge is 0.471 e. The molecule has 0 saturated heterocycles. The third kappa shape index (κ3) is 4.96. The van der Waals surface area contributed by atoms with Gasteiger partial charge in [-0.25, -0.2) is 0 Å². The van der Waals surface area contributed by atoms with Crippen LogP contribution in [0.5, 0.6) is 11.5 Å². The molecule has 2 aromatic carbocycles. The molecule has 2 aromatic rings. The SMILES string of the molecule is O=S(C1CCC(N2CCc3c(cccc3Oc3ccc(C(F)(F)F)cc3)C2)C1)C(F)(F)F. The zero-order valence-corrected chi connectivity index (χ0v) is 17.7. The molecule has 1 aliphatic heterocycles. The molecule has 3 unspecified atom stereocenters. The van der Waals surface area contributed by atoms with Gasteiger partial charge in [0.2, 0.25) is 0 Å². The van der Waals surface area contributed by atoms with Crippen LogP contribution >= 0.6 is 0 Å². The number of halogens is 6. The molecule has 0 radical (unpaired) electrons. The first-order valence-electron chi connectivity index (χ1n) is 10.2. The van der Waals surface area contributed by atoms with Crippen LogP contribution in [0.4, 0.5) is 26.3 Å². The number of benzene rings is 2. The van der Waals surface area contributed by atoms with E-state index in [9.17, 15) is 30.6 Å². The van der Waals surface area contributed by atoms with E-state index in [1.54, 1.807) is 12.1 Å². The van der Waals surface area contributed by atoms with E-state index >= 15 is 0 Å². The minimum Gasteiger partial charge on any atom is -0.457 e. The van der Waals surface area contributed by atoms with Gasteiger partial charge in [0, 0.05) is 29.9 Å². The van der Waals surface area contributed by atoms with Crippen LogP contribution in [-0.2, 0) is 29.9 Å². The van der Waals surface area contributed by atoms with Crippen LogP contribution in [0, 0.1) is 0 Å². The zero-order chi connectivity index (χ0) is 23.1. The lowest BCUT2D eigenvalue weighted by Gasteiger charge is -2.34. The number of rotatable bonds is 4. The van der Waals surface area contributed by atoms with Crippen molar-refractivity contribution in [1.82, 2.24) is 4.90 Å². The molecular weight excluding hydrogens is 456 g/mol. The average Bonchev–Trinajstić information content (AvgIpc) is 3.22. The molecule has 1 fully saturated rings. The topological polar surface area (TPSA) is 29.5 Å². The van der Waals surface area contributed by atoms with Gasteiger partial charge in [0.15, 0.2) is 0 Å². The van der Waals surface area contributed by atoms with Crippen LogP contribution in [0.3, 0.4) is 0 Å². The molecule has 0 spiro atoms. The summed E-state index contributed by atoms with van der Waals surface area (Å²) < 4.78 is 94.1. The number of nitrogens with zero attached hydrogens (tertiary/aromatic N) is 1. The predicted molar refractivity (Wildman–Crippen MR) is 108 cm³/mol. The van der Waals surface area contributed by atoms with Crippen LogP contribution in [0.25, 0.3) is 0 Å². The normalized spacial score (nSPS) is 23.1. The Morgan fingerprint density at radius 2 is 1.69 bits per heavy atom. The maximum Gasteiger partial charge on any atom is 0.471 e. The molecule has 2 aliphatic rings. The van der Waals surface area contributed by atoms with Crippen LogP contribution < -0.4 is 4.74 Å². The molecule has 4 rings (SSSR count). The molecule has 1 aliphatic carbocycles. The Bertz CT molecular complexity index is 989. The minimum atomic E-state index is -4.68. The van der Waals surface area contributed by atoms with E-state index < -0.39 is 33.3 Å². The Hall–Kier alpha value is -2.07. The molecule has 3 atom stereocenters. The van der Waals surface area contributed by atoms with E-state index in [2.05, 4.69) is 4.90 Å². The lowest BCUT2D eigenvalue weighted by Crippen LogP contribution is -2.38. The van der Waals surface area contributed by atoms with Gasteiger partial charge < -0.3 is 4.74 Å². The van der Waals surface area contributed by atoms with Crippen molar-refractivity contribution in [1.29, 1.82) is 0 Å². The summed E-state index contributed by atoms with van der Waals surface area (Å²) in [7, 11) is -2.83. The van der Waals surface area contributed by atoms with Gasteiger partial charge in [-0.15, -0.1) is 0 Å². The van der Waals surface area contributed by atoms with Crippen LogP contribution in [0.1, 0.15) is 36.0 Å². The zero-order valence-electron chi connectivity index (χ0n) is 16.9. The third-order valence-electron chi connectivity index (χ3n) is 6.07. The molecule has 0 bridgehead atoms. The lowest BCUT2D eigenvalue weighted by molar-refractivity contribution is -0.137. The average molecular weight is 477 g/mol. The van der Waals surface area contributed by atoms with Crippen molar-refractivity contribution >= 4 is 10.8 Å². The summed E-state index contributed by atoms with van der Waals surface area (Å²) in [5.41, 5.74) is -3.52. The maximum absolute atomic E-state index is 12.8. The van der Waals surface area contributed by atoms with Gasteiger partial charge in [0.25, 0.3) is 0 Å². The fourth-order valence-corrected chi connectivity index (χ4v) is 5.60. The molecule has 3 nitrogen and oxygen atoms in total. The highest BCUT2D eigenvalue weighted by atomic mass is 32.2. The van der Waals surface area contributed by atoms with Gasteiger partial charge in [-0.05, 0) is 61.6 Å². The van der Waals surface area contributed by atoms with E-state index in [-0.39, 0.29) is 18.9 Å². The monoisotopic (exact) mass is 477 g/mol. The van der Waals surface area contributed by atoms with Crippen molar-refractivity contribution in [3.8, 4) is 11.5 Å². The summed E-state index contributed by atoms with van der Waals surface area (Å²) >= 11 is 0. The van der Waals surface area contributed by atoms with Gasteiger partial charge in [-0.3, -0.25) is 9.11 Å². The van der Waals surface area contributed by atoms with Crippen LogP contribution in [-0.4, -0.2) is 32.5 Å². The summed E-state index contributed by atoms with van der Waals surface area (Å²) in [4.78, 5) is 2.12. The number of ether oxygens (including phenoxy) is 1. The highest BCUT2D eigenvalue weighted by Gasteiger charge is 2.45. The Morgan fingerprint density at radius 3 is 2.34 bits per heavy atom. The molecule has 1 heterocycles. The number of fused-ring (bicyclic) bond motifs is 1. The minimum absolute atomic E-state index is 0.0565. The van der Waals surface area contributed by atoms with E-state index in [0.717, 1.165) is 23.3 Å². The van der Waals surface area contributed by atoms with Gasteiger partial charge in [-0.2, -0.15) is 26.3 Å². The first kappa shape index (κ1) is 23.1. The molecule has 0 aromatic heterocycles. The van der Waals surface area contributed by atoms with Crippen molar-refractivity contribution in [2.24, 2.45) is 0 Å². The quantitative estimate of drug-likeness (QED) is 0.503. The van der Waals surface area contributed by atoms with Crippen LogP contribution in [0.2, 0.25) is 0 Å². The van der Waals surface area contributed by atoms with E-state index in [0.29, 0.717) is 37.4 Å². The van der Waals surface area contributed by atoms with Gasteiger partial charge in [0.05, 0.1) is 5.56 Å². The Morgan fingerprint density at radius 1 is 0.969 bits per heavy atom. The molecule has 0 amide bonds. The van der Waals surface area contributed by atoms with Crippen molar-refractivity contribution < 1.29 is 35.3 Å². The van der Waals surface area contributed by atoms with Crippen molar-refractivity contribution in [2.75, 3.05) is 6.54 Å². The predicted octanol–water partition coefficient (Wildman–Crippen LogP) is 6.05. The number of alkyl halides is 6. The Balaban J connectivity index is 1.44. The molecule has 174 valence electrons. The van der Waals surface area contributed by atoms with E-state index in [1.807, 2.05) is 6.07 Å². The molecule has 1 saturated carbocycles. The molecule has 0 N–H and O–H groups in total. The van der Waals surface area contributed by atoms with E-state index in [4.69, 9.17) is 4.74 Å². The molecule has 32 heavy (non-hydrogen) atoms. The maximum atomic E-state index is 12.8. The summed E-state index contributed by atoms with van der Waals surface area (Å²) in [5.74, 6) is 0.853. The third-order valence-corrected chi connectivity index (χ3v) is 7.56. The first-order chi connectivity index (χ1) is 15.0. The second-order valence-electron chi connectivity index (χ2n) is 8.07. The standard InChI is InChI=1S/C22H21F6NO2S/c23-21(24,25)15-4-7-17(8-5-15)31-20-3-1-2-14-13-29(11-10-19(14)20)16-6-9-18(12-16)32(30)22(26,27)28/h1-5,7-8,16,18H,6,9-13H2. The molecular formula is C22H21F6NO2S. The van der Waals surface area contributed by atoms with Gasteiger partial charge in [0.1, 0.15) is 22.3 Å².